The van der Waals surface area contributed by atoms with Gasteiger partial charge >= 0.3 is 321 Å². The number of hydrogen-bond acceptors (Lipinski definition) is 8. The van der Waals surface area contributed by atoms with Crippen molar-refractivity contribution in [1.82, 2.24) is 39.1 Å². The first-order valence-electron chi connectivity index (χ1n) is 35.4. The fourth-order valence-electron chi connectivity index (χ4n) is 15.4. The number of nitrogens with zero attached hydrogens (tertiary/aromatic N) is 8. The maximum atomic E-state index is 12.8. The molecule has 8 heterocycles. The number of fused-ring (bicyclic) bond motifs is 12. The summed E-state index contributed by atoms with van der Waals surface area (Å²) in [5.41, 5.74) is 26.6. The number of aromatic nitrogens is 8. The summed E-state index contributed by atoms with van der Waals surface area (Å²) in [7, 11) is -4.55. The molecule has 0 N–H and O–H groups in total. The van der Waals surface area contributed by atoms with E-state index in [0.29, 0.717) is 24.3 Å². The molecule has 0 saturated heterocycles. The van der Waals surface area contributed by atoms with E-state index in [0.717, 1.165) is 154 Å². The molecular formula is C92H68Ir4N8O4S2Se2-4. The van der Waals surface area contributed by atoms with Gasteiger partial charge in [-0.1, -0.05) is 48.5 Å². The summed E-state index contributed by atoms with van der Waals surface area (Å²) in [5, 5.41) is 21.7. The van der Waals surface area contributed by atoms with Crippen LogP contribution >= 0.6 is 0 Å². The molecule has 20 heteroatoms. The molecule has 0 fully saturated rings. The molecule has 4 radical (unpaired) electrons. The van der Waals surface area contributed by atoms with Crippen LogP contribution in [0, 0.1) is 79.7 Å². The molecule has 2 unspecified atom stereocenters. The smallest absolute Gasteiger partial charge is 0 e. The quantitative estimate of drug-likeness (QED) is 0.108. The molecule has 2 atom stereocenters. The zero-order chi connectivity index (χ0) is 74.2. The van der Waals surface area contributed by atoms with Gasteiger partial charge in [0.25, 0.3) is 0 Å². The van der Waals surface area contributed by atoms with E-state index < -0.39 is 34.5 Å². The van der Waals surface area contributed by atoms with Gasteiger partial charge in [-0.05, 0) is 92.2 Å². The van der Waals surface area contributed by atoms with Crippen LogP contribution in [0.2, 0.25) is 0 Å². The van der Waals surface area contributed by atoms with Crippen molar-refractivity contribution in [2.75, 3.05) is 0 Å². The molecule has 112 heavy (non-hydrogen) atoms. The second-order valence-electron chi connectivity index (χ2n) is 26.8. The molecule has 12 nitrogen and oxygen atoms in total. The van der Waals surface area contributed by atoms with Crippen LogP contribution in [0.25, 0.3) is 120 Å². The minimum atomic E-state index is -3.45. The van der Waals surface area contributed by atoms with Crippen LogP contribution in [0.3, 0.4) is 0 Å². The van der Waals surface area contributed by atoms with Gasteiger partial charge in [0.15, 0.2) is 0 Å². The second-order valence-corrected chi connectivity index (χ2v) is 35.3. The molecule has 3 aliphatic rings. The predicted molar refractivity (Wildman–Crippen MR) is 433 cm³/mol. The largest absolute Gasteiger partial charge is 0 e. The maximum Gasteiger partial charge on any atom is 0 e. The Labute approximate surface area is 718 Å². The summed E-state index contributed by atoms with van der Waals surface area (Å²) in [5.74, 6) is 0. The standard InChI is InChI=1S/C23H17N2O2S.C23H17N2OS.C23H17N2OSe.C23H17N2Se.4Ir/c1-15-23(16(2)25(24-15)18-8-4-3-5-9-18)17-12-13-22-20(14-17)19-10-6-7-11-21(19)28(22,26)27;2*1-15-23(16(2)25(24-15)18-8-4-3-5-9-18)17-12-13-22-20(14-17)19-10-6-7-11-21(19)27(22)26;1-15-23(16(2)25(24-15)18-8-4-3-5-9-18)17-12-13-22-20(14-17)19-10-6-7-11-21(19)26-22;;;;/h3-8,10-14H,1-2H3;2*3-8,10-14H,1-2H3;3-8,10-14H,1-2H3;;;;/q4*-1;;;;. The fourth-order valence-corrected chi connectivity index (χ4v) is 23.6. The number of hydrogen-bond donors (Lipinski definition) is 0. The van der Waals surface area contributed by atoms with Crippen molar-refractivity contribution in [3.05, 3.63) is 337 Å². The van der Waals surface area contributed by atoms with Crippen LogP contribution in [0.1, 0.15) is 45.6 Å². The van der Waals surface area contributed by atoms with Crippen LogP contribution in [0.15, 0.2) is 287 Å². The molecule has 0 bridgehead atoms. The van der Waals surface area contributed by atoms with E-state index in [-0.39, 0.29) is 80.4 Å². The van der Waals surface area contributed by atoms with Crippen molar-refractivity contribution in [3.8, 4) is 101 Å². The van der Waals surface area contributed by atoms with Crippen LogP contribution in [-0.4, -0.2) is 80.1 Å². The van der Waals surface area contributed by atoms with E-state index in [4.69, 9.17) is 20.4 Å². The van der Waals surface area contributed by atoms with Crippen molar-refractivity contribution in [1.29, 1.82) is 0 Å². The fraction of sp³-hybridized carbons (Fsp3) is 0.0870. The molecule has 0 spiro atoms. The van der Waals surface area contributed by atoms with E-state index >= 15 is 0 Å². The molecule has 5 aromatic heterocycles. The van der Waals surface area contributed by atoms with E-state index in [2.05, 4.69) is 125 Å². The van der Waals surface area contributed by atoms with Crippen molar-refractivity contribution in [2.45, 2.75) is 75.0 Å². The Balaban J connectivity index is 0.000000129. The summed E-state index contributed by atoms with van der Waals surface area (Å²) >= 11 is -1.74. The number of para-hydroxylation sites is 4. The third kappa shape index (κ3) is 14.6. The molecule has 12 aromatic carbocycles. The summed E-state index contributed by atoms with van der Waals surface area (Å²) in [4.78, 5) is 2.54. The van der Waals surface area contributed by atoms with Crippen molar-refractivity contribution in [3.63, 3.8) is 0 Å². The van der Waals surface area contributed by atoms with Gasteiger partial charge < -0.3 is 0 Å². The molecule has 0 aliphatic carbocycles. The summed E-state index contributed by atoms with van der Waals surface area (Å²) in [6, 6.07) is 101. The van der Waals surface area contributed by atoms with Crippen LogP contribution in [0.5, 0.6) is 0 Å². The maximum absolute atomic E-state index is 12.8. The Morgan fingerprint density at radius 1 is 0.339 bits per heavy atom. The molecule has 3 aliphatic heterocycles. The first-order chi connectivity index (χ1) is 52.5. The number of aryl methyl sites for hydroxylation is 4. The van der Waals surface area contributed by atoms with Crippen LogP contribution in [-0.2, 0) is 105 Å². The van der Waals surface area contributed by atoms with Gasteiger partial charge in [0, 0.05) is 120 Å². The Bertz CT molecular complexity index is 6430. The minimum Gasteiger partial charge on any atom is 0 e. The van der Waals surface area contributed by atoms with Gasteiger partial charge in [-0.3, -0.25) is 9.36 Å². The van der Waals surface area contributed by atoms with E-state index in [1.807, 2.05) is 222 Å². The van der Waals surface area contributed by atoms with Gasteiger partial charge in [-0.25, -0.2) is 12.6 Å². The first kappa shape index (κ1) is 81.0. The molecular weight excluding hydrogens is 2270 g/mol. The minimum absolute atomic E-state index is 0. The average molecular weight is 2340 g/mol. The van der Waals surface area contributed by atoms with Crippen LogP contribution < -0.4 is 8.92 Å². The number of benzene rings is 12. The van der Waals surface area contributed by atoms with Crippen LogP contribution in [0.4, 0.5) is 0 Å². The predicted octanol–water partition coefficient (Wildman–Crippen LogP) is 18.7. The van der Waals surface area contributed by atoms with Gasteiger partial charge in [0.05, 0.1) is 41.8 Å². The van der Waals surface area contributed by atoms with Gasteiger partial charge in [-0.15, -0.1) is 12.1 Å². The zero-order valence-corrected chi connectivity index (χ0v) is 76.2. The Hall–Kier alpha value is -8.98. The summed E-state index contributed by atoms with van der Waals surface area (Å²) in [6.07, 6.45) is 0. The molecule has 0 saturated carbocycles. The average Bonchev–Trinajstić information content (AvgIpc) is 1.56. The molecule has 20 rings (SSSR count). The number of sulfone groups is 1. The van der Waals surface area contributed by atoms with Crippen molar-refractivity contribution in [2.24, 2.45) is 0 Å². The molecule has 564 valence electrons. The van der Waals surface area contributed by atoms with Crippen molar-refractivity contribution < 1.29 is 96.9 Å². The van der Waals surface area contributed by atoms with E-state index in [9.17, 15) is 16.5 Å². The van der Waals surface area contributed by atoms with E-state index in [1.54, 1.807) is 18.2 Å². The van der Waals surface area contributed by atoms with Crippen molar-refractivity contribution >= 4 is 77.2 Å². The molecule has 0 amide bonds. The normalized spacial score (nSPS) is 13.3. The third-order valence-corrected chi connectivity index (χ3v) is 29.2. The Morgan fingerprint density at radius 2 is 0.705 bits per heavy atom. The van der Waals surface area contributed by atoms with Gasteiger partial charge in [0.1, 0.15) is 0 Å². The van der Waals surface area contributed by atoms with Gasteiger partial charge in [0.2, 0.25) is 9.84 Å². The van der Waals surface area contributed by atoms with Gasteiger partial charge in [-0.2, -0.15) is 58.7 Å². The summed E-state index contributed by atoms with van der Waals surface area (Å²) < 4.78 is 63.9. The topological polar surface area (TPSA) is 140 Å². The Morgan fingerprint density at radius 3 is 1.21 bits per heavy atom. The third-order valence-electron chi connectivity index (χ3n) is 20.2. The monoisotopic (exact) mass is 2340 g/mol. The molecule has 17 aromatic rings. The Kier molecular flexibility index (Phi) is 24.3. The summed E-state index contributed by atoms with van der Waals surface area (Å²) in [6.45, 7) is 16.5. The first-order valence-corrected chi connectivity index (χ1v) is 42.1. The second kappa shape index (κ2) is 33.6. The SMILES string of the molecule is Cc1nn(-c2[c-]cccc2)c(C)c1-c1ccc2[se]c3ccccc3c2c1.Cc1nn(-c2[c-]cccc2)c(C)c1-c1ccc2c(c1)-c1ccccc1S2(=O)=O.Cc1nn(-c2[c-]cccc2)c(C)c1-c1ccc2c(c1)-c1ccccc1S2=O.Cc1nn(-c2[c-]cccc2)c(C)c1-c1ccc2c(c1)-c1ccccc1[Se]2=O.[Ir].[Ir].[Ir].[Ir]. The zero-order valence-electron chi connectivity index (χ0n) is 61.6. The number of rotatable bonds is 8. The van der Waals surface area contributed by atoms with E-state index in [1.165, 1.54) is 30.4 Å².